The summed E-state index contributed by atoms with van der Waals surface area (Å²) in [7, 11) is 0. The first kappa shape index (κ1) is 20.4. The van der Waals surface area contributed by atoms with Crippen LogP contribution in [0.25, 0.3) is 21.5 Å². The van der Waals surface area contributed by atoms with E-state index >= 15 is 0 Å². The van der Waals surface area contributed by atoms with Crippen LogP contribution in [0.3, 0.4) is 0 Å². The summed E-state index contributed by atoms with van der Waals surface area (Å²) in [6, 6.07) is 12.0. The number of thiazole rings is 1. The zero-order valence-corrected chi connectivity index (χ0v) is 18.3. The second-order valence-electron chi connectivity index (χ2n) is 6.86. The Morgan fingerprint density at radius 3 is 2.63 bits per heavy atom. The number of aromatic nitrogens is 3. The first-order valence-corrected chi connectivity index (χ1v) is 11.1. The second-order valence-corrected chi connectivity index (χ2v) is 9.02. The van der Waals surface area contributed by atoms with E-state index < -0.39 is 0 Å². The number of thioether (sulfide) groups is 1. The molecule has 8 heteroatoms. The number of halogens is 1. The summed E-state index contributed by atoms with van der Waals surface area (Å²) in [5, 5.41) is 13.1. The molecule has 2 heterocycles. The molecule has 4 aromatic rings. The van der Waals surface area contributed by atoms with Gasteiger partial charge in [-0.15, -0.1) is 21.5 Å². The number of anilines is 1. The summed E-state index contributed by atoms with van der Waals surface area (Å²) < 4.78 is 14.2. The van der Waals surface area contributed by atoms with Gasteiger partial charge in [0.15, 0.2) is 0 Å². The van der Waals surface area contributed by atoms with E-state index in [0.29, 0.717) is 10.7 Å². The van der Waals surface area contributed by atoms with E-state index in [9.17, 15) is 9.18 Å². The maximum absolute atomic E-state index is 13.3. The van der Waals surface area contributed by atoms with Gasteiger partial charge in [0.1, 0.15) is 22.1 Å². The molecule has 0 fully saturated rings. The molecule has 5 nitrogen and oxygen atoms in total. The Hall–Kier alpha value is -2.84. The van der Waals surface area contributed by atoms with Gasteiger partial charge in [-0.3, -0.25) is 4.79 Å². The van der Waals surface area contributed by atoms with E-state index in [-0.39, 0.29) is 17.5 Å². The van der Waals surface area contributed by atoms with E-state index in [1.807, 2.05) is 39.0 Å². The molecule has 0 atom stereocenters. The highest BCUT2D eigenvalue weighted by molar-refractivity contribution is 8.00. The lowest BCUT2D eigenvalue weighted by Crippen LogP contribution is -2.15. The van der Waals surface area contributed by atoms with Gasteiger partial charge >= 0.3 is 0 Å². The molecule has 0 aliphatic heterocycles. The van der Waals surface area contributed by atoms with Crippen molar-refractivity contribution in [2.75, 3.05) is 11.1 Å². The minimum Gasteiger partial charge on any atom is -0.325 e. The van der Waals surface area contributed by atoms with E-state index in [1.54, 1.807) is 12.1 Å². The molecular weight excluding hydrogens is 419 g/mol. The topological polar surface area (TPSA) is 67.8 Å². The third-order valence-corrected chi connectivity index (χ3v) is 6.66. The number of hydrogen-bond donors (Lipinski definition) is 1. The maximum atomic E-state index is 13.3. The van der Waals surface area contributed by atoms with Crippen LogP contribution in [0.2, 0.25) is 0 Å². The maximum Gasteiger partial charge on any atom is 0.234 e. The van der Waals surface area contributed by atoms with Crippen LogP contribution in [0.5, 0.6) is 0 Å². The van der Waals surface area contributed by atoms with Crippen molar-refractivity contribution in [1.29, 1.82) is 0 Å². The lowest BCUT2D eigenvalue weighted by Gasteiger charge is -2.10. The summed E-state index contributed by atoms with van der Waals surface area (Å²) in [5.74, 6) is -0.215. The highest BCUT2D eigenvalue weighted by Crippen LogP contribution is 2.35. The smallest absolute Gasteiger partial charge is 0.234 e. The van der Waals surface area contributed by atoms with Crippen molar-refractivity contribution in [2.24, 2.45) is 0 Å². The highest BCUT2D eigenvalue weighted by Gasteiger charge is 2.17. The molecule has 0 saturated carbocycles. The summed E-state index contributed by atoms with van der Waals surface area (Å²) in [5.41, 5.74) is 5.16. The minimum absolute atomic E-state index is 0.113. The van der Waals surface area contributed by atoms with Gasteiger partial charge < -0.3 is 5.32 Å². The van der Waals surface area contributed by atoms with Crippen LogP contribution in [0.1, 0.15) is 16.1 Å². The summed E-state index contributed by atoms with van der Waals surface area (Å²) in [6.07, 6.45) is 0. The quantitative estimate of drug-likeness (QED) is 0.414. The number of amides is 1. The van der Waals surface area contributed by atoms with Crippen molar-refractivity contribution in [1.82, 2.24) is 15.2 Å². The Kier molecular flexibility index (Phi) is 5.78. The van der Waals surface area contributed by atoms with Crippen molar-refractivity contribution in [3.63, 3.8) is 0 Å². The summed E-state index contributed by atoms with van der Waals surface area (Å²) >= 11 is 2.82. The van der Waals surface area contributed by atoms with Crippen LogP contribution in [0.4, 0.5) is 10.1 Å². The lowest BCUT2D eigenvalue weighted by atomic mass is 10.1. The molecule has 0 unspecified atom stereocenters. The summed E-state index contributed by atoms with van der Waals surface area (Å²) in [6.45, 7) is 5.92. The first-order valence-electron chi connectivity index (χ1n) is 9.31. The minimum atomic E-state index is -0.300. The number of benzene rings is 2. The molecule has 0 aliphatic rings. The molecule has 0 radical (unpaired) electrons. The molecule has 2 aromatic heterocycles. The number of carbonyl (C=O) groups is 1. The monoisotopic (exact) mass is 438 g/mol. The Bertz CT molecular complexity index is 1240. The third-order valence-electron chi connectivity index (χ3n) is 4.73. The molecule has 0 spiro atoms. The van der Waals surface area contributed by atoms with Gasteiger partial charge in [-0.2, -0.15) is 0 Å². The third kappa shape index (κ3) is 4.20. The fraction of sp³-hybridized carbons (Fsp3) is 0.182. The zero-order valence-electron chi connectivity index (χ0n) is 16.7. The fourth-order valence-electron chi connectivity index (χ4n) is 3.02. The van der Waals surface area contributed by atoms with Crippen molar-refractivity contribution < 1.29 is 9.18 Å². The largest absolute Gasteiger partial charge is 0.325 e. The number of nitrogens with one attached hydrogen (secondary N) is 1. The molecule has 152 valence electrons. The Morgan fingerprint density at radius 2 is 1.87 bits per heavy atom. The van der Waals surface area contributed by atoms with Gasteiger partial charge in [-0.25, -0.2) is 9.37 Å². The molecule has 4 rings (SSSR count). The van der Waals surface area contributed by atoms with Crippen molar-refractivity contribution in [2.45, 2.75) is 25.8 Å². The Labute approximate surface area is 181 Å². The van der Waals surface area contributed by atoms with Gasteiger partial charge in [0.2, 0.25) is 5.91 Å². The van der Waals surface area contributed by atoms with Crippen LogP contribution in [-0.4, -0.2) is 26.8 Å². The number of fused-ring (bicyclic) bond motifs is 1. The van der Waals surface area contributed by atoms with Gasteiger partial charge in [-0.1, -0.05) is 23.9 Å². The number of hydrogen-bond acceptors (Lipinski definition) is 6. The van der Waals surface area contributed by atoms with Crippen LogP contribution < -0.4 is 5.32 Å². The van der Waals surface area contributed by atoms with Crippen LogP contribution in [0.15, 0.2) is 47.5 Å². The Balaban J connectivity index is 1.56. The molecule has 1 N–H and O–H groups in total. The van der Waals surface area contributed by atoms with Crippen molar-refractivity contribution in [3.8, 4) is 11.3 Å². The normalized spacial score (nSPS) is 11.1. The molecule has 0 bridgehead atoms. The zero-order chi connectivity index (χ0) is 21.3. The predicted molar refractivity (Wildman–Crippen MR) is 121 cm³/mol. The standard InChI is InChI=1S/C22H19FN4OS2/c1-12-5-4-6-17(13(12)2)25-18(28)11-29-22-20-21(30-14(3)24-20)19(26-27-22)15-7-9-16(23)10-8-15/h4-10H,11H2,1-3H3,(H,25,28). The van der Waals surface area contributed by atoms with E-state index in [4.69, 9.17) is 0 Å². The SMILES string of the molecule is Cc1nc2c(SCC(=O)Nc3cccc(C)c3C)nnc(-c3ccc(F)cc3)c2s1. The number of aryl methyl sites for hydroxylation is 2. The van der Waals surface area contributed by atoms with Crippen molar-refractivity contribution >= 4 is 44.9 Å². The molecule has 0 aliphatic carbocycles. The lowest BCUT2D eigenvalue weighted by molar-refractivity contribution is -0.113. The summed E-state index contributed by atoms with van der Waals surface area (Å²) in [4.78, 5) is 17.1. The van der Waals surface area contributed by atoms with E-state index in [1.165, 1.54) is 35.2 Å². The fourth-order valence-corrected chi connectivity index (χ4v) is 4.74. The molecule has 30 heavy (non-hydrogen) atoms. The average molecular weight is 439 g/mol. The molecule has 0 saturated heterocycles. The molecule has 1 amide bonds. The highest BCUT2D eigenvalue weighted by atomic mass is 32.2. The number of rotatable bonds is 5. The van der Waals surface area contributed by atoms with Crippen LogP contribution in [0, 0.1) is 26.6 Å². The van der Waals surface area contributed by atoms with Gasteiger partial charge in [0, 0.05) is 11.3 Å². The van der Waals surface area contributed by atoms with Crippen LogP contribution >= 0.6 is 23.1 Å². The number of carbonyl (C=O) groups excluding carboxylic acids is 1. The predicted octanol–water partition coefficient (Wildman–Crippen LogP) is 5.55. The Morgan fingerprint density at radius 1 is 1.10 bits per heavy atom. The van der Waals surface area contributed by atoms with Gasteiger partial charge in [0.25, 0.3) is 0 Å². The van der Waals surface area contributed by atoms with E-state index in [2.05, 4.69) is 20.5 Å². The molecular formula is C22H19FN4OS2. The van der Waals surface area contributed by atoms with Gasteiger partial charge in [-0.05, 0) is 62.2 Å². The number of nitrogens with zero attached hydrogens (tertiary/aromatic N) is 3. The molecule has 2 aromatic carbocycles. The first-order chi connectivity index (χ1) is 14.4. The van der Waals surface area contributed by atoms with E-state index in [0.717, 1.165) is 37.6 Å². The second kappa shape index (κ2) is 8.49. The average Bonchev–Trinajstić information content (AvgIpc) is 3.12. The van der Waals surface area contributed by atoms with Crippen molar-refractivity contribution in [3.05, 3.63) is 64.4 Å². The van der Waals surface area contributed by atoms with Crippen LogP contribution in [-0.2, 0) is 4.79 Å². The van der Waals surface area contributed by atoms with Gasteiger partial charge in [0.05, 0.1) is 15.5 Å².